The van der Waals surface area contributed by atoms with Crippen molar-refractivity contribution in [2.45, 2.75) is 58.7 Å². The van der Waals surface area contributed by atoms with Crippen molar-refractivity contribution in [1.82, 2.24) is 0 Å². The quantitative estimate of drug-likeness (QED) is 0.328. The molecule has 0 amide bonds. The third-order valence-electron chi connectivity index (χ3n) is 4.18. The van der Waals surface area contributed by atoms with Crippen LogP contribution in [0.3, 0.4) is 0 Å². The van der Waals surface area contributed by atoms with Crippen molar-refractivity contribution >= 4 is 20.3 Å². The number of nitro groups is 1. The van der Waals surface area contributed by atoms with Crippen LogP contribution in [0.25, 0.3) is 0 Å². The number of hydrogen-bond donors (Lipinski definition) is 0. The fourth-order valence-corrected chi connectivity index (χ4v) is 2.93. The molecule has 0 spiro atoms. The Balaban J connectivity index is 3.49. The van der Waals surface area contributed by atoms with Crippen molar-refractivity contribution in [3.05, 3.63) is 33.4 Å². The number of nitrogens with zero attached hydrogens (tertiary/aromatic N) is 1. The molecule has 0 aliphatic carbocycles. The zero-order valence-electron chi connectivity index (χ0n) is 14.2. The Morgan fingerprint density at radius 3 is 2.32 bits per heavy atom. The van der Waals surface area contributed by atoms with Crippen LogP contribution in [0.2, 0.25) is 18.1 Å². The summed E-state index contributed by atoms with van der Waals surface area (Å²) in [7, 11) is -2.20. The topological polar surface area (TPSA) is 69.4 Å². The van der Waals surface area contributed by atoms with Gasteiger partial charge < -0.3 is 4.43 Å². The van der Waals surface area contributed by atoms with Gasteiger partial charge in [0.2, 0.25) is 0 Å². The third-order valence-corrected chi connectivity index (χ3v) is 8.51. The molecule has 0 saturated carbocycles. The lowest BCUT2D eigenvalue weighted by Crippen LogP contribution is -2.44. The summed E-state index contributed by atoms with van der Waals surface area (Å²) in [6, 6.07) is 3.00. The number of aldehydes is 1. The molecule has 0 radical (unpaired) electrons. The Morgan fingerprint density at radius 2 is 1.91 bits per heavy atom. The Labute approximate surface area is 133 Å². The average Bonchev–Trinajstić information content (AvgIpc) is 2.38. The van der Waals surface area contributed by atoms with Crippen LogP contribution < -0.4 is 4.43 Å². The second-order valence-electron chi connectivity index (χ2n) is 7.02. The molecule has 0 fully saturated rings. The lowest BCUT2D eigenvalue weighted by molar-refractivity contribution is -0.385. The van der Waals surface area contributed by atoms with E-state index in [2.05, 4.69) is 33.9 Å². The van der Waals surface area contributed by atoms with Gasteiger partial charge in [-0.2, -0.15) is 0 Å². The van der Waals surface area contributed by atoms with Gasteiger partial charge in [-0.3, -0.25) is 14.9 Å². The number of nitro benzene ring substituents is 1. The largest absolute Gasteiger partial charge is 0.539 e. The van der Waals surface area contributed by atoms with Crippen LogP contribution in [-0.2, 0) is 6.42 Å². The highest BCUT2D eigenvalue weighted by atomic mass is 28.4. The minimum Gasteiger partial charge on any atom is -0.539 e. The first kappa shape index (κ1) is 18.4. The van der Waals surface area contributed by atoms with Crippen LogP contribution in [-0.4, -0.2) is 19.5 Å². The van der Waals surface area contributed by atoms with Crippen LogP contribution in [0.1, 0.15) is 50.0 Å². The molecule has 0 atom stereocenters. The molecule has 122 valence electrons. The molecule has 22 heavy (non-hydrogen) atoms. The summed E-state index contributed by atoms with van der Waals surface area (Å²) in [5, 5.41) is 11.3. The maximum atomic E-state index is 11.4. The second kappa shape index (κ2) is 6.60. The van der Waals surface area contributed by atoms with Gasteiger partial charge in [-0.25, -0.2) is 0 Å². The smallest absolute Gasteiger partial charge is 0.310 e. The lowest BCUT2D eigenvalue weighted by atomic mass is 10.0. The number of carbonyl (C=O) groups is 1. The molecule has 0 aromatic heterocycles. The maximum Gasteiger partial charge on any atom is 0.310 e. The fourth-order valence-electron chi connectivity index (χ4n) is 1.88. The molecule has 0 aliphatic rings. The molecule has 1 aromatic carbocycles. The number of benzene rings is 1. The minimum absolute atomic E-state index is 0.0618. The Morgan fingerprint density at radius 1 is 1.32 bits per heavy atom. The lowest BCUT2D eigenvalue weighted by Gasteiger charge is -2.36. The van der Waals surface area contributed by atoms with E-state index >= 15 is 0 Å². The molecule has 0 N–H and O–H groups in total. The molecule has 0 bridgehead atoms. The molecule has 0 unspecified atom stereocenters. The van der Waals surface area contributed by atoms with Crippen molar-refractivity contribution in [2.75, 3.05) is 0 Å². The molecule has 1 aromatic rings. The standard InChI is InChI=1S/C16H25NO4Si/c1-7-8-13-9-12(11-18)10-14(17(19)20)15(13)21-22(5,6)16(2,3)4/h9-11H,7-8H2,1-6H3. The van der Waals surface area contributed by atoms with E-state index in [0.29, 0.717) is 24.0 Å². The Hall–Kier alpha value is -1.69. The normalized spacial score (nSPS) is 12.1. The molecular weight excluding hydrogens is 298 g/mol. The van der Waals surface area contributed by atoms with Crippen LogP contribution >= 0.6 is 0 Å². The van der Waals surface area contributed by atoms with E-state index in [1.54, 1.807) is 6.07 Å². The van der Waals surface area contributed by atoms with Gasteiger partial charge in [0.25, 0.3) is 8.32 Å². The summed E-state index contributed by atoms with van der Waals surface area (Å²) in [6.07, 6.45) is 2.11. The summed E-state index contributed by atoms with van der Waals surface area (Å²) in [5.41, 5.74) is 0.944. The van der Waals surface area contributed by atoms with Gasteiger partial charge in [0, 0.05) is 17.2 Å². The predicted octanol–water partition coefficient (Wildman–Crippen LogP) is 4.74. The molecule has 1 rings (SSSR count). The summed E-state index contributed by atoms with van der Waals surface area (Å²) < 4.78 is 6.22. The predicted molar refractivity (Wildman–Crippen MR) is 90.3 cm³/mol. The number of hydrogen-bond acceptors (Lipinski definition) is 4. The third kappa shape index (κ3) is 3.94. The van der Waals surface area contributed by atoms with Crippen LogP contribution in [0, 0.1) is 10.1 Å². The first-order chi connectivity index (χ1) is 10.0. The van der Waals surface area contributed by atoms with E-state index in [0.717, 1.165) is 12.0 Å². The van der Waals surface area contributed by atoms with Gasteiger partial charge in [0.05, 0.1) is 4.92 Å². The average molecular weight is 323 g/mol. The first-order valence-electron chi connectivity index (χ1n) is 7.49. The van der Waals surface area contributed by atoms with Crippen molar-refractivity contribution in [1.29, 1.82) is 0 Å². The molecule has 0 heterocycles. The highest BCUT2D eigenvalue weighted by Crippen LogP contribution is 2.42. The highest BCUT2D eigenvalue weighted by Gasteiger charge is 2.41. The Kier molecular flexibility index (Phi) is 5.51. The second-order valence-corrected chi connectivity index (χ2v) is 11.7. The van der Waals surface area contributed by atoms with Crippen LogP contribution in [0.4, 0.5) is 5.69 Å². The SMILES string of the molecule is CCCc1cc(C=O)cc([N+](=O)[O-])c1O[Si](C)(C)C(C)(C)C. The van der Waals surface area contributed by atoms with E-state index in [1.165, 1.54) is 6.07 Å². The first-order valence-corrected chi connectivity index (χ1v) is 10.4. The molecular formula is C16H25NO4Si. The van der Waals surface area contributed by atoms with Crippen molar-refractivity contribution in [2.24, 2.45) is 0 Å². The van der Waals surface area contributed by atoms with Crippen LogP contribution in [0.15, 0.2) is 12.1 Å². The summed E-state index contributed by atoms with van der Waals surface area (Å²) >= 11 is 0. The van der Waals surface area contributed by atoms with E-state index < -0.39 is 13.2 Å². The van der Waals surface area contributed by atoms with Gasteiger partial charge in [-0.15, -0.1) is 0 Å². The van der Waals surface area contributed by atoms with Gasteiger partial charge in [0.15, 0.2) is 5.75 Å². The number of rotatable bonds is 6. The molecule has 0 aliphatic heterocycles. The minimum atomic E-state index is -2.20. The number of aryl methyl sites for hydroxylation is 1. The van der Waals surface area contributed by atoms with E-state index in [-0.39, 0.29) is 10.7 Å². The van der Waals surface area contributed by atoms with Gasteiger partial charge in [0.1, 0.15) is 6.29 Å². The van der Waals surface area contributed by atoms with Crippen molar-refractivity contribution < 1.29 is 14.1 Å². The van der Waals surface area contributed by atoms with E-state index in [9.17, 15) is 14.9 Å². The highest BCUT2D eigenvalue weighted by molar-refractivity contribution is 6.74. The van der Waals surface area contributed by atoms with Crippen LogP contribution in [0.5, 0.6) is 5.75 Å². The van der Waals surface area contributed by atoms with Gasteiger partial charge >= 0.3 is 5.69 Å². The Bertz CT molecular complexity index is 576. The number of carbonyl (C=O) groups excluding carboxylic acids is 1. The van der Waals surface area contributed by atoms with Gasteiger partial charge in [-0.05, 0) is 30.6 Å². The van der Waals surface area contributed by atoms with E-state index in [4.69, 9.17) is 4.43 Å². The summed E-state index contributed by atoms with van der Waals surface area (Å²) in [6.45, 7) is 12.4. The molecule has 0 saturated heterocycles. The maximum absolute atomic E-state index is 11.4. The zero-order chi connectivity index (χ0) is 17.1. The molecule has 5 nitrogen and oxygen atoms in total. The summed E-state index contributed by atoms with van der Waals surface area (Å²) in [5.74, 6) is 0.337. The molecule has 6 heteroatoms. The van der Waals surface area contributed by atoms with E-state index in [1.807, 2.05) is 6.92 Å². The fraction of sp³-hybridized carbons (Fsp3) is 0.562. The summed E-state index contributed by atoms with van der Waals surface area (Å²) in [4.78, 5) is 22.0. The van der Waals surface area contributed by atoms with Crippen molar-refractivity contribution in [3.8, 4) is 5.75 Å². The zero-order valence-corrected chi connectivity index (χ0v) is 15.2. The monoisotopic (exact) mass is 323 g/mol. The van der Waals surface area contributed by atoms with Gasteiger partial charge in [-0.1, -0.05) is 34.1 Å². The van der Waals surface area contributed by atoms with Crippen molar-refractivity contribution in [3.63, 3.8) is 0 Å².